The molecule has 0 spiro atoms. The number of nitrogens with one attached hydrogen (secondary N) is 1. The molecule has 1 aliphatic rings. The van der Waals surface area contributed by atoms with Crippen LogP contribution in [0.5, 0.6) is 0 Å². The lowest BCUT2D eigenvalue weighted by Gasteiger charge is -2.40. The zero-order valence-corrected chi connectivity index (χ0v) is 12.0. The molecule has 0 aromatic rings. The highest BCUT2D eigenvalue weighted by molar-refractivity contribution is 4.85. The summed E-state index contributed by atoms with van der Waals surface area (Å²) in [6, 6.07) is 0. The van der Waals surface area contributed by atoms with Gasteiger partial charge < -0.3 is 10.2 Å². The van der Waals surface area contributed by atoms with Gasteiger partial charge in [0.25, 0.3) is 0 Å². The number of rotatable bonds is 7. The SMILES string of the molecule is C=CCCCN(C)CC(C)(C)C1CCCNC1. The van der Waals surface area contributed by atoms with E-state index in [4.69, 9.17) is 0 Å². The van der Waals surface area contributed by atoms with Crippen molar-refractivity contribution in [3.8, 4) is 0 Å². The van der Waals surface area contributed by atoms with Gasteiger partial charge in [0.2, 0.25) is 0 Å². The monoisotopic (exact) mass is 238 g/mol. The van der Waals surface area contributed by atoms with E-state index < -0.39 is 0 Å². The molecule has 2 nitrogen and oxygen atoms in total. The highest BCUT2D eigenvalue weighted by Gasteiger charge is 2.31. The predicted octanol–water partition coefficient (Wildman–Crippen LogP) is 2.91. The quantitative estimate of drug-likeness (QED) is 0.542. The lowest BCUT2D eigenvalue weighted by atomic mass is 9.74. The third-order valence-electron chi connectivity index (χ3n) is 4.03. The summed E-state index contributed by atoms with van der Waals surface area (Å²) in [6.45, 7) is 13.4. The minimum atomic E-state index is 0.427. The molecule has 0 aliphatic carbocycles. The number of hydrogen-bond donors (Lipinski definition) is 1. The fourth-order valence-corrected chi connectivity index (χ4v) is 2.93. The molecule has 1 aliphatic heterocycles. The Labute approximate surface area is 107 Å². The second-order valence-corrected chi connectivity index (χ2v) is 6.20. The van der Waals surface area contributed by atoms with Gasteiger partial charge in [0.1, 0.15) is 0 Å². The van der Waals surface area contributed by atoms with Crippen molar-refractivity contribution in [2.24, 2.45) is 11.3 Å². The standard InChI is InChI=1S/C15H30N2/c1-5-6-7-11-17(4)13-15(2,3)14-9-8-10-16-12-14/h5,14,16H,1,6-13H2,2-4H3. The highest BCUT2D eigenvalue weighted by Crippen LogP contribution is 2.32. The molecule has 1 fully saturated rings. The third kappa shape index (κ3) is 5.22. The summed E-state index contributed by atoms with van der Waals surface area (Å²) >= 11 is 0. The first-order valence-electron chi connectivity index (χ1n) is 7.06. The van der Waals surface area contributed by atoms with Crippen LogP contribution >= 0.6 is 0 Å². The van der Waals surface area contributed by atoms with Crippen LogP contribution in [0.2, 0.25) is 0 Å². The van der Waals surface area contributed by atoms with E-state index in [-0.39, 0.29) is 0 Å². The fraction of sp³-hybridized carbons (Fsp3) is 0.867. The maximum absolute atomic E-state index is 3.78. The Hall–Kier alpha value is -0.340. The minimum Gasteiger partial charge on any atom is -0.316 e. The van der Waals surface area contributed by atoms with E-state index in [1.165, 1.54) is 45.4 Å². The molecule has 0 aromatic heterocycles. The number of nitrogens with zero attached hydrogens (tertiary/aromatic N) is 1. The molecule has 17 heavy (non-hydrogen) atoms. The first kappa shape index (κ1) is 14.7. The van der Waals surface area contributed by atoms with Crippen molar-refractivity contribution < 1.29 is 0 Å². The topological polar surface area (TPSA) is 15.3 Å². The maximum Gasteiger partial charge on any atom is 0.00328 e. The van der Waals surface area contributed by atoms with E-state index in [0.29, 0.717) is 5.41 Å². The Morgan fingerprint density at radius 1 is 1.47 bits per heavy atom. The average Bonchev–Trinajstić information content (AvgIpc) is 2.30. The van der Waals surface area contributed by atoms with Crippen LogP contribution in [0.3, 0.4) is 0 Å². The highest BCUT2D eigenvalue weighted by atomic mass is 15.1. The van der Waals surface area contributed by atoms with E-state index in [9.17, 15) is 0 Å². The van der Waals surface area contributed by atoms with Crippen LogP contribution in [0.25, 0.3) is 0 Å². The Morgan fingerprint density at radius 3 is 2.82 bits per heavy atom. The summed E-state index contributed by atoms with van der Waals surface area (Å²) in [5.74, 6) is 0.832. The molecule has 1 rings (SSSR count). The maximum atomic E-state index is 3.78. The zero-order chi connectivity index (χ0) is 12.7. The lowest BCUT2D eigenvalue weighted by Crippen LogP contribution is -2.44. The van der Waals surface area contributed by atoms with Crippen LogP contribution < -0.4 is 5.32 Å². The Morgan fingerprint density at radius 2 is 2.24 bits per heavy atom. The smallest absolute Gasteiger partial charge is 0.00328 e. The summed E-state index contributed by atoms with van der Waals surface area (Å²) in [4.78, 5) is 2.48. The molecule has 1 N–H and O–H groups in total. The second-order valence-electron chi connectivity index (χ2n) is 6.20. The third-order valence-corrected chi connectivity index (χ3v) is 4.03. The Bertz CT molecular complexity index is 217. The lowest BCUT2D eigenvalue weighted by molar-refractivity contribution is 0.114. The van der Waals surface area contributed by atoms with Crippen molar-refractivity contribution in [1.82, 2.24) is 10.2 Å². The van der Waals surface area contributed by atoms with Crippen molar-refractivity contribution in [3.63, 3.8) is 0 Å². The van der Waals surface area contributed by atoms with E-state index in [1.807, 2.05) is 6.08 Å². The minimum absolute atomic E-state index is 0.427. The van der Waals surface area contributed by atoms with Crippen LogP contribution in [0.1, 0.15) is 39.5 Å². The van der Waals surface area contributed by atoms with Gasteiger partial charge in [0.05, 0.1) is 0 Å². The molecule has 0 radical (unpaired) electrons. The first-order valence-corrected chi connectivity index (χ1v) is 7.06. The van der Waals surface area contributed by atoms with Gasteiger partial charge in [-0.1, -0.05) is 19.9 Å². The van der Waals surface area contributed by atoms with Gasteiger partial charge in [0, 0.05) is 6.54 Å². The van der Waals surface area contributed by atoms with Crippen molar-refractivity contribution in [3.05, 3.63) is 12.7 Å². The van der Waals surface area contributed by atoms with Crippen LogP contribution in [0.15, 0.2) is 12.7 Å². The number of allylic oxidation sites excluding steroid dienone is 1. The van der Waals surface area contributed by atoms with Crippen LogP contribution in [-0.2, 0) is 0 Å². The van der Waals surface area contributed by atoms with Crippen molar-refractivity contribution >= 4 is 0 Å². The van der Waals surface area contributed by atoms with Crippen LogP contribution in [-0.4, -0.2) is 38.1 Å². The van der Waals surface area contributed by atoms with E-state index in [2.05, 4.69) is 37.7 Å². The van der Waals surface area contributed by atoms with E-state index in [0.717, 1.165) is 12.3 Å². The zero-order valence-electron chi connectivity index (χ0n) is 12.0. The van der Waals surface area contributed by atoms with Gasteiger partial charge in [-0.3, -0.25) is 0 Å². The van der Waals surface area contributed by atoms with Crippen molar-refractivity contribution in [2.45, 2.75) is 39.5 Å². The molecule has 100 valence electrons. The van der Waals surface area contributed by atoms with E-state index >= 15 is 0 Å². The Kier molecular flexibility index (Phi) is 6.21. The summed E-state index contributed by atoms with van der Waals surface area (Å²) in [6.07, 6.45) is 7.12. The number of hydrogen-bond acceptors (Lipinski definition) is 2. The molecule has 1 saturated heterocycles. The summed E-state index contributed by atoms with van der Waals surface area (Å²) in [7, 11) is 2.25. The Balaban J connectivity index is 2.33. The van der Waals surface area contributed by atoms with Crippen molar-refractivity contribution in [1.29, 1.82) is 0 Å². The van der Waals surface area contributed by atoms with Gasteiger partial charge in [-0.15, -0.1) is 6.58 Å². The average molecular weight is 238 g/mol. The van der Waals surface area contributed by atoms with Gasteiger partial charge in [-0.05, 0) is 63.7 Å². The van der Waals surface area contributed by atoms with Gasteiger partial charge in [-0.2, -0.15) is 0 Å². The predicted molar refractivity (Wildman–Crippen MR) is 76.3 cm³/mol. The van der Waals surface area contributed by atoms with Gasteiger partial charge in [0.15, 0.2) is 0 Å². The molecule has 0 amide bonds. The normalized spacial score (nSPS) is 21.8. The number of piperidine rings is 1. The molecule has 0 saturated carbocycles. The molecule has 0 bridgehead atoms. The summed E-state index contributed by atoms with van der Waals surface area (Å²) in [5.41, 5.74) is 0.427. The van der Waals surface area contributed by atoms with E-state index in [1.54, 1.807) is 0 Å². The summed E-state index contributed by atoms with van der Waals surface area (Å²) < 4.78 is 0. The molecular weight excluding hydrogens is 208 g/mol. The second kappa shape index (κ2) is 7.17. The molecule has 0 aromatic carbocycles. The summed E-state index contributed by atoms with van der Waals surface area (Å²) in [5, 5.41) is 3.53. The number of unbranched alkanes of at least 4 members (excludes halogenated alkanes) is 1. The van der Waals surface area contributed by atoms with Crippen molar-refractivity contribution in [2.75, 3.05) is 33.2 Å². The van der Waals surface area contributed by atoms with Crippen LogP contribution in [0.4, 0.5) is 0 Å². The van der Waals surface area contributed by atoms with Crippen LogP contribution in [0, 0.1) is 11.3 Å². The fourth-order valence-electron chi connectivity index (χ4n) is 2.93. The van der Waals surface area contributed by atoms with Gasteiger partial charge in [-0.25, -0.2) is 0 Å². The molecular formula is C15H30N2. The largest absolute Gasteiger partial charge is 0.316 e. The molecule has 1 heterocycles. The molecule has 2 heteroatoms. The first-order chi connectivity index (χ1) is 8.06. The molecule has 1 atom stereocenters. The molecule has 1 unspecified atom stereocenters. The van der Waals surface area contributed by atoms with Gasteiger partial charge >= 0.3 is 0 Å².